The lowest BCUT2D eigenvalue weighted by Gasteiger charge is -2.02. The molecule has 0 unspecified atom stereocenters. The Labute approximate surface area is 115 Å². The van der Waals surface area contributed by atoms with Gasteiger partial charge in [0.25, 0.3) is 0 Å². The Morgan fingerprint density at radius 3 is 1.45 bits per heavy atom. The molecule has 4 rings (SSSR count). The molecular formula is C16H10N4. The predicted molar refractivity (Wildman–Crippen MR) is 78.1 cm³/mol. The number of nitrogens with zero attached hydrogens (tertiary/aromatic N) is 4. The van der Waals surface area contributed by atoms with E-state index in [1.807, 2.05) is 60.7 Å². The Morgan fingerprint density at radius 1 is 0.500 bits per heavy atom. The molecule has 2 aromatic carbocycles. The largest absolute Gasteiger partial charge is 0.150 e. The van der Waals surface area contributed by atoms with Gasteiger partial charge in [-0.2, -0.15) is 0 Å². The highest BCUT2D eigenvalue weighted by Gasteiger charge is 2.06. The molecule has 0 aliphatic heterocycles. The van der Waals surface area contributed by atoms with Crippen molar-refractivity contribution in [1.82, 2.24) is 20.4 Å². The molecule has 20 heavy (non-hydrogen) atoms. The topological polar surface area (TPSA) is 51.6 Å². The van der Waals surface area contributed by atoms with Gasteiger partial charge < -0.3 is 0 Å². The Hall–Kier alpha value is -2.88. The second-order valence-corrected chi connectivity index (χ2v) is 4.58. The number of fused-ring (bicyclic) bond motifs is 2. The molecule has 0 saturated carbocycles. The first-order valence-corrected chi connectivity index (χ1v) is 6.35. The Bertz CT molecular complexity index is 841. The maximum Gasteiger partial charge on any atom is 0.114 e. The van der Waals surface area contributed by atoms with Crippen molar-refractivity contribution in [2.45, 2.75) is 0 Å². The number of hydrogen-bond acceptors (Lipinski definition) is 4. The molecule has 0 radical (unpaired) electrons. The minimum absolute atomic E-state index is 0.738. The van der Waals surface area contributed by atoms with Crippen LogP contribution in [0.3, 0.4) is 0 Å². The summed E-state index contributed by atoms with van der Waals surface area (Å²) in [6, 6.07) is 19.8. The van der Waals surface area contributed by atoms with Crippen molar-refractivity contribution in [1.29, 1.82) is 0 Å². The molecule has 4 heteroatoms. The third-order valence-corrected chi connectivity index (χ3v) is 3.25. The van der Waals surface area contributed by atoms with E-state index in [9.17, 15) is 0 Å². The van der Waals surface area contributed by atoms with Crippen molar-refractivity contribution in [2.75, 3.05) is 0 Å². The summed E-state index contributed by atoms with van der Waals surface area (Å²) in [6.45, 7) is 0. The van der Waals surface area contributed by atoms with Crippen LogP contribution < -0.4 is 0 Å². The lowest BCUT2D eigenvalue weighted by Crippen LogP contribution is -1.93. The number of aromatic nitrogens is 4. The molecule has 0 fully saturated rings. The molecule has 0 amide bonds. The monoisotopic (exact) mass is 258 g/mol. The second-order valence-electron chi connectivity index (χ2n) is 4.58. The third kappa shape index (κ3) is 1.78. The standard InChI is InChI=1S/C16H10N4/c1-3-7-13-11(5-1)9-15(19-17-13)16-10-12-6-2-4-8-14(12)18-20-16/h1-10H. The highest BCUT2D eigenvalue weighted by Crippen LogP contribution is 2.21. The molecule has 2 aromatic heterocycles. The van der Waals surface area contributed by atoms with Crippen LogP contribution >= 0.6 is 0 Å². The SMILES string of the molecule is c1ccc2nnc(-c3cc4ccccc4nn3)cc2c1. The highest BCUT2D eigenvalue weighted by molar-refractivity contribution is 5.84. The normalized spacial score (nSPS) is 11.0. The fourth-order valence-electron chi connectivity index (χ4n) is 2.22. The molecule has 0 atom stereocenters. The summed E-state index contributed by atoms with van der Waals surface area (Å²) in [5.41, 5.74) is 3.24. The van der Waals surface area contributed by atoms with Crippen molar-refractivity contribution in [2.24, 2.45) is 0 Å². The average Bonchev–Trinajstić information content (AvgIpc) is 2.54. The van der Waals surface area contributed by atoms with E-state index in [0.29, 0.717) is 0 Å². The van der Waals surface area contributed by atoms with Crippen LogP contribution in [-0.4, -0.2) is 20.4 Å². The number of hydrogen-bond donors (Lipinski definition) is 0. The molecule has 0 aliphatic rings. The summed E-state index contributed by atoms with van der Waals surface area (Å²) >= 11 is 0. The fraction of sp³-hybridized carbons (Fsp3) is 0. The molecular weight excluding hydrogens is 248 g/mol. The van der Waals surface area contributed by atoms with E-state index in [0.717, 1.165) is 33.2 Å². The van der Waals surface area contributed by atoms with Crippen LogP contribution in [0.5, 0.6) is 0 Å². The van der Waals surface area contributed by atoms with Gasteiger partial charge in [0.1, 0.15) is 11.4 Å². The number of benzene rings is 2. The molecule has 2 heterocycles. The van der Waals surface area contributed by atoms with Gasteiger partial charge in [-0.3, -0.25) is 0 Å². The zero-order chi connectivity index (χ0) is 13.4. The van der Waals surface area contributed by atoms with Crippen molar-refractivity contribution in [3.63, 3.8) is 0 Å². The first-order chi connectivity index (χ1) is 9.90. The molecule has 0 saturated heterocycles. The van der Waals surface area contributed by atoms with Gasteiger partial charge in [0, 0.05) is 10.8 Å². The molecule has 0 bridgehead atoms. The molecule has 4 aromatic rings. The lowest BCUT2D eigenvalue weighted by atomic mass is 10.1. The van der Waals surface area contributed by atoms with Gasteiger partial charge in [0.15, 0.2) is 0 Å². The second kappa shape index (κ2) is 4.35. The van der Waals surface area contributed by atoms with Gasteiger partial charge in [-0.15, -0.1) is 20.4 Å². The van der Waals surface area contributed by atoms with Gasteiger partial charge in [-0.05, 0) is 24.3 Å². The Morgan fingerprint density at radius 2 is 0.950 bits per heavy atom. The van der Waals surface area contributed by atoms with Gasteiger partial charge in [-0.1, -0.05) is 36.4 Å². The molecule has 0 aliphatic carbocycles. The van der Waals surface area contributed by atoms with Crippen LogP contribution in [-0.2, 0) is 0 Å². The zero-order valence-electron chi connectivity index (χ0n) is 10.6. The fourth-order valence-corrected chi connectivity index (χ4v) is 2.22. The summed E-state index contributed by atoms with van der Waals surface area (Å²) < 4.78 is 0. The van der Waals surface area contributed by atoms with E-state index >= 15 is 0 Å². The first kappa shape index (κ1) is 11.0. The van der Waals surface area contributed by atoms with E-state index in [1.165, 1.54) is 0 Å². The summed E-state index contributed by atoms with van der Waals surface area (Å²) in [5.74, 6) is 0. The molecule has 94 valence electrons. The van der Waals surface area contributed by atoms with Crippen LogP contribution in [0.1, 0.15) is 0 Å². The lowest BCUT2D eigenvalue weighted by molar-refractivity contribution is 1.03. The minimum Gasteiger partial charge on any atom is -0.150 e. The van der Waals surface area contributed by atoms with Gasteiger partial charge in [-0.25, -0.2) is 0 Å². The molecule has 4 nitrogen and oxygen atoms in total. The summed E-state index contributed by atoms with van der Waals surface area (Å²) in [5, 5.41) is 19.0. The predicted octanol–water partition coefficient (Wildman–Crippen LogP) is 3.24. The van der Waals surface area contributed by atoms with Crippen LogP contribution in [0.2, 0.25) is 0 Å². The van der Waals surface area contributed by atoms with Gasteiger partial charge >= 0.3 is 0 Å². The summed E-state index contributed by atoms with van der Waals surface area (Å²) in [6.07, 6.45) is 0. The quantitative estimate of drug-likeness (QED) is 0.526. The smallest absolute Gasteiger partial charge is 0.114 e. The van der Waals surface area contributed by atoms with E-state index in [-0.39, 0.29) is 0 Å². The van der Waals surface area contributed by atoms with Crippen LogP contribution in [0.4, 0.5) is 0 Å². The zero-order valence-corrected chi connectivity index (χ0v) is 10.6. The van der Waals surface area contributed by atoms with E-state index in [2.05, 4.69) is 20.4 Å². The molecule has 0 N–H and O–H groups in total. The Kier molecular flexibility index (Phi) is 2.39. The van der Waals surface area contributed by atoms with Gasteiger partial charge in [0.05, 0.1) is 11.0 Å². The molecule has 0 spiro atoms. The summed E-state index contributed by atoms with van der Waals surface area (Å²) in [4.78, 5) is 0. The highest BCUT2D eigenvalue weighted by atomic mass is 15.1. The third-order valence-electron chi connectivity index (χ3n) is 3.25. The van der Waals surface area contributed by atoms with E-state index < -0.39 is 0 Å². The first-order valence-electron chi connectivity index (χ1n) is 6.35. The maximum absolute atomic E-state index is 4.23. The van der Waals surface area contributed by atoms with E-state index in [4.69, 9.17) is 0 Å². The van der Waals surface area contributed by atoms with E-state index in [1.54, 1.807) is 0 Å². The van der Waals surface area contributed by atoms with Crippen LogP contribution in [0.25, 0.3) is 33.2 Å². The van der Waals surface area contributed by atoms with Crippen molar-refractivity contribution < 1.29 is 0 Å². The van der Waals surface area contributed by atoms with Gasteiger partial charge in [0.2, 0.25) is 0 Å². The minimum atomic E-state index is 0.738. The Balaban J connectivity index is 1.91. The number of rotatable bonds is 1. The van der Waals surface area contributed by atoms with Crippen molar-refractivity contribution in [3.05, 3.63) is 60.7 Å². The van der Waals surface area contributed by atoms with Crippen LogP contribution in [0, 0.1) is 0 Å². The summed E-state index contributed by atoms with van der Waals surface area (Å²) in [7, 11) is 0. The van der Waals surface area contributed by atoms with Crippen molar-refractivity contribution >= 4 is 21.8 Å². The average molecular weight is 258 g/mol. The maximum atomic E-state index is 4.23. The van der Waals surface area contributed by atoms with Crippen molar-refractivity contribution in [3.8, 4) is 11.4 Å². The van der Waals surface area contributed by atoms with Crippen LogP contribution in [0.15, 0.2) is 60.7 Å².